The van der Waals surface area contributed by atoms with Gasteiger partial charge in [-0.3, -0.25) is 4.21 Å². The van der Waals surface area contributed by atoms with Gasteiger partial charge in [0.2, 0.25) is 0 Å². The molecule has 102 valence electrons. The topological polar surface area (TPSA) is 49.3 Å². The number of nitrogens with one attached hydrogen (secondary N) is 1. The van der Waals surface area contributed by atoms with Gasteiger partial charge in [0.1, 0.15) is 5.75 Å². The van der Waals surface area contributed by atoms with Crippen LogP contribution in [-0.4, -0.2) is 33.9 Å². The number of benzene rings is 1. The molecule has 0 aliphatic carbocycles. The van der Waals surface area contributed by atoms with E-state index in [2.05, 4.69) is 12.2 Å². The summed E-state index contributed by atoms with van der Waals surface area (Å²) in [4.78, 5) is 0. The minimum atomic E-state index is -0.680. The number of phenolic OH excluding ortho intramolecular Hbond substituents is 1. The second-order valence-corrected chi connectivity index (χ2v) is 6.25. The van der Waals surface area contributed by atoms with Crippen molar-refractivity contribution in [3.05, 3.63) is 29.8 Å². The van der Waals surface area contributed by atoms with Gasteiger partial charge in [-0.15, -0.1) is 0 Å². The van der Waals surface area contributed by atoms with Crippen molar-refractivity contribution in [3.8, 4) is 5.75 Å². The molecule has 2 unspecified atom stereocenters. The number of hydrogen-bond donors (Lipinski definition) is 2. The highest BCUT2D eigenvalue weighted by atomic mass is 32.2. The zero-order valence-corrected chi connectivity index (χ0v) is 12.0. The molecule has 18 heavy (non-hydrogen) atoms. The Bertz CT molecular complexity index is 365. The molecule has 2 N–H and O–H groups in total. The van der Waals surface area contributed by atoms with Crippen LogP contribution in [0.3, 0.4) is 0 Å². The van der Waals surface area contributed by atoms with E-state index in [1.54, 1.807) is 18.4 Å². The van der Waals surface area contributed by atoms with Gasteiger partial charge < -0.3 is 10.4 Å². The molecule has 0 spiro atoms. The summed E-state index contributed by atoms with van der Waals surface area (Å²) in [7, 11) is -0.680. The summed E-state index contributed by atoms with van der Waals surface area (Å²) in [5.74, 6) is 1.09. The van der Waals surface area contributed by atoms with Gasteiger partial charge >= 0.3 is 0 Å². The number of rotatable bonds is 8. The first-order valence-electron chi connectivity index (χ1n) is 6.39. The normalized spacial score (nSPS) is 14.3. The predicted molar refractivity (Wildman–Crippen MR) is 77.4 cm³/mol. The second-order valence-electron chi connectivity index (χ2n) is 4.69. The summed E-state index contributed by atoms with van der Waals surface area (Å²) in [6, 6.07) is 7.84. The summed E-state index contributed by atoms with van der Waals surface area (Å²) in [5.41, 5.74) is 1.25. The van der Waals surface area contributed by atoms with Crippen molar-refractivity contribution in [2.24, 2.45) is 0 Å². The van der Waals surface area contributed by atoms with Crippen LogP contribution in [0, 0.1) is 0 Å². The van der Waals surface area contributed by atoms with Crippen LogP contribution in [0.4, 0.5) is 0 Å². The Kier molecular flexibility index (Phi) is 6.98. The lowest BCUT2D eigenvalue weighted by molar-refractivity contribution is 0.474. The summed E-state index contributed by atoms with van der Waals surface area (Å²) in [6.45, 7) is 3.10. The molecule has 0 aliphatic heterocycles. The fraction of sp³-hybridized carbons (Fsp3) is 0.571. The molecule has 1 aromatic rings. The zero-order chi connectivity index (χ0) is 13.4. The van der Waals surface area contributed by atoms with Crippen LogP contribution < -0.4 is 5.32 Å². The Labute approximate surface area is 112 Å². The van der Waals surface area contributed by atoms with Crippen LogP contribution in [0.1, 0.15) is 25.3 Å². The quantitative estimate of drug-likeness (QED) is 0.710. The van der Waals surface area contributed by atoms with Crippen LogP contribution in [0.2, 0.25) is 0 Å². The van der Waals surface area contributed by atoms with Crippen LogP contribution in [0.15, 0.2) is 24.3 Å². The molecule has 2 atom stereocenters. The van der Waals surface area contributed by atoms with Gasteiger partial charge in [-0.2, -0.15) is 0 Å². The first-order chi connectivity index (χ1) is 8.58. The van der Waals surface area contributed by atoms with E-state index in [1.807, 2.05) is 12.1 Å². The molecule has 0 heterocycles. The van der Waals surface area contributed by atoms with Crippen molar-refractivity contribution in [1.29, 1.82) is 0 Å². The fourth-order valence-electron chi connectivity index (χ4n) is 1.77. The highest BCUT2D eigenvalue weighted by molar-refractivity contribution is 7.84. The van der Waals surface area contributed by atoms with Crippen molar-refractivity contribution in [3.63, 3.8) is 0 Å². The van der Waals surface area contributed by atoms with Gasteiger partial charge in [0, 0.05) is 28.9 Å². The van der Waals surface area contributed by atoms with Crippen LogP contribution in [0.5, 0.6) is 5.75 Å². The third-order valence-electron chi connectivity index (χ3n) is 2.90. The zero-order valence-electron chi connectivity index (χ0n) is 11.2. The Morgan fingerprint density at radius 3 is 2.61 bits per heavy atom. The molecule has 1 aromatic carbocycles. The smallest absolute Gasteiger partial charge is 0.115 e. The highest BCUT2D eigenvalue weighted by Gasteiger charge is 2.02. The van der Waals surface area contributed by atoms with E-state index in [1.165, 1.54) is 5.56 Å². The van der Waals surface area contributed by atoms with E-state index >= 15 is 0 Å². The van der Waals surface area contributed by atoms with Gasteiger partial charge in [0.15, 0.2) is 0 Å². The average Bonchev–Trinajstić information content (AvgIpc) is 2.34. The van der Waals surface area contributed by atoms with Crippen molar-refractivity contribution in [2.75, 3.05) is 18.6 Å². The Hall–Kier alpha value is -0.870. The third kappa shape index (κ3) is 6.77. The van der Waals surface area contributed by atoms with E-state index in [4.69, 9.17) is 0 Å². The van der Waals surface area contributed by atoms with Crippen molar-refractivity contribution in [2.45, 2.75) is 32.2 Å². The Morgan fingerprint density at radius 2 is 2.00 bits per heavy atom. The lowest BCUT2D eigenvalue weighted by Gasteiger charge is -2.13. The Morgan fingerprint density at radius 1 is 1.33 bits per heavy atom. The van der Waals surface area contributed by atoms with E-state index in [-0.39, 0.29) is 0 Å². The molecule has 0 aromatic heterocycles. The maximum atomic E-state index is 10.9. The van der Waals surface area contributed by atoms with Gasteiger partial charge in [-0.25, -0.2) is 0 Å². The fourth-order valence-corrected chi connectivity index (χ4v) is 2.32. The molecule has 0 amide bonds. The molecule has 0 radical (unpaired) electrons. The molecular weight excluding hydrogens is 246 g/mol. The van der Waals surface area contributed by atoms with E-state index in [9.17, 15) is 9.32 Å². The molecule has 1 rings (SSSR count). The molecule has 0 saturated heterocycles. The molecule has 4 heteroatoms. The Balaban J connectivity index is 2.14. The minimum Gasteiger partial charge on any atom is -0.508 e. The first-order valence-corrected chi connectivity index (χ1v) is 8.12. The van der Waals surface area contributed by atoms with Crippen LogP contribution >= 0.6 is 0 Å². The number of aryl methyl sites for hydroxylation is 1. The minimum absolute atomic E-state index is 0.317. The van der Waals surface area contributed by atoms with E-state index in [0.29, 0.717) is 11.8 Å². The van der Waals surface area contributed by atoms with E-state index < -0.39 is 10.8 Å². The van der Waals surface area contributed by atoms with Crippen LogP contribution in [-0.2, 0) is 17.2 Å². The van der Waals surface area contributed by atoms with Crippen LogP contribution in [0.25, 0.3) is 0 Å². The molecule has 0 saturated carbocycles. The third-order valence-corrected chi connectivity index (χ3v) is 3.77. The van der Waals surface area contributed by atoms with E-state index in [0.717, 1.165) is 31.6 Å². The number of aromatic hydroxyl groups is 1. The number of hydrogen-bond acceptors (Lipinski definition) is 3. The largest absolute Gasteiger partial charge is 0.508 e. The lowest BCUT2D eigenvalue weighted by Crippen LogP contribution is -2.28. The monoisotopic (exact) mass is 269 g/mol. The molecule has 0 fully saturated rings. The molecule has 0 bridgehead atoms. The average molecular weight is 269 g/mol. The van der Waals surface area contributed by atoms with Gasteiger partial charge in [0.05, 0.1) is 0 Å². The number of phenols is 1. The van der Waals surface area contributed by atoms with Gasteiger partial charge in [-0.1, -0.05) is 12.1 Å². The standard InChI is InChI=1S/C14H23NO2S/c1-12(15-10-3-11-18(2)17)4-5-13-6-8-14(16)9-7-13/h6-9,12,15-16H,3-5,10-11H2,1-2H3. The molecular formula is C14H23NO2S. The summed E-state index contributed by atoms with van der Waals surface area (Å²) >= 11 is 0. The SMILES string of the molecule is CC(CCc1ccc(O)cc1)NCCCS(C)=O. The maximum Gasteiger partial charge on any atom is 0.115 e. The summed E-state index contributed by atoms with van der Waals surface area (Å²) < 4.78 is 10.9. The molecule has 3 nitrogen and oxygen atoms in total. The highest BCUT2D eigenvalue weighted by Crippen LogP contribution is 2.11. The van der Waals surface area contributed by atoms with Crippen molar-refractivity contribution >= 4 is 10.8 Å². The van der Waals surface area contributed by atoms with Crippen molar-refractivity contribution < 1.29 is 9.32 Å². The molecule has 0 aliphatic rings. The van der Waals surface area contributed by atoms with Gasteiger partial charge in [-0.05, 0) is 50.4 Å². The maximum absolute atomic E-state index is 10.9. The van der Waals surface area contributed by atoms with Crippen molar-refractivity contribution in [1.82, 2.24) is 5.32 Å². The lowest BCUT2D eigenvalue weighted by atomic mass is 10.1. The second kappa shape index (κ2) is 8.27. The predicted octanol–water partition coefficient (Wildman–Crippen LogP) is 2.07. The van der Waals surface area contributed by atoms with Gasteiger partial charge in [0.25, 0.3) is 0 Å². The summed E-state index contributed by atoms with van der Waals surface area (Å²) in [5, 5.41) is 12.6. The summed E-state index contributed by atoms with van der Waals surface area (Å²) in [6.07, 6.45) is 4.79. The first kappa shape index (κ1) is 15.2.